The van der Waals surface area contributed by atoms with Crippen molar-refractivity contribution >= 4 is 11.6 Å². The molecular formula is C16H22ClN3O. The topological polar surface area (TPSA) is 39.1 Å². The highest BCUT2D eigenvalue weighted by Crippen LogP contribution is 2.22. The molecule has 0 saturated heterocycles. The van der Waals surface area contributed by atoms with E-state index in [-0.39, 0.29) is 6.04 Å². The van der Waals surface area contributed by atoms with Crippen LogP contribution in [0.25, 0.3) is 0 Å². The highest BCUT2D eigenvalue weighted by atomic mass is 35.5. The van der Waals surface area contributed by atoms with Gasteiger partial charge in [0.05, 0.1) is 36.6 Å². The van der Waals surface area contributed by atoms with Crippen LogP contribution in [-0.2, 0) is 6.54 Å². The summed E-state index contributed by atoms with van der Waals surface area (Å²) < 4.78 is 7.26. The molecule has 4 nitrogen and oxygen atoms in total. The van der Waals surface area contributed by atoms with Crippen molar-refractivity contribution in [3.63, 3.8) is 0 Å². The lowest BCUT2D eigenvalue weighted by Crippen LogP contribution is -2.27. The number of halogens is 1. The van der Waals surface area contributed by atoms with Gasteiger partial charge in [-0.2, -0.15) is 5.10 Å². The summed E-state index contributed by atoms with van der Waals surface area (Å²) in [4.78, 5) is 0. The van der Waals surface area contributed by atoms with Crippen molar-refractivity contribution in [2.75, 3.05) is 13.7 Å². The van der Waals surface area contributed by atoms with Gasteiger partial charge < -0.3 is 10.1 Å². The van der Waals surface area contributed by atoms with Crippen molar-refractivity contribution in [1.82, 2.24) is 15.1 Å². The third-order valence-corrected chi connectivity index (χ3v) is 3.91. The summed E-state index contributed by atoms with van der Waals surface area (Å²) in [5.41, 5.74) is 2.18. The van der Waals surface area contributed by atoms with Gasteiger partial charge >= 0.3 is 0 Å². The molecule has 0 aliphatic rings. The molecule has 5 heteroatoms. The zero-order valence-electron chi connectivity index (χ0n) is 12.8. The molecule has 0 bridgehead atoms. The molecule has 0 aliphatic heterocycles. The van der Waals surface area contributed by atoms with Crippen molar-refractivity contribution in [2.24, 2.45) is 0 Å². The minimum atomic E-state index is 0.176. The quantitative estimate of drug-likeness (QED) is 0.849. The van der Waals surface area contributed by atoms with Crippen LogP contribution in [0.2, 0.25) is 5.02 Å². The van der Waals surface area contributed by atoms with Crippen LogP contribution in [0.1, 0.15) is 30.6 Å². The first-order valence-corrected chi connectivity index (χ1v) is 7.58. The van der Waals surface area contributed by atoms with Crippen LogP contribution in [0.4, 0.5) is 0 Å². The number of aromatic nitrogens is 2. The predicted molar refractivity (Wildman–Crippen MR) is 86.0 cm³/mol. The third kappa shape index (κ3) is 3.99. The van der Waals surface area contributed by atoms with E-state index in [9.17, 15) is 0 Å². The first-order valence-electron chi connectivity index (χ1n) is 7.21. The fraction of sp³-hybridized carbons (Fsp3) is 0.438. The Morgan fingerprint density at radius 1 is 1.43 bits per heavy atom. The zero-order valence-corrected chi connectivity index (χ0v) is 13.5. The van der Waals surface area contributed by atoms with Crippen molar-refractivity contribution in [3.8, 4) is 5.75 Å². The molecule has 2 aromatic rings. The Morgan fingerprint density at radius 3 is 2.86 bits per heavy atom. The van der Waals surface area contributed by atoms with Gasteiger partial charge in [0.15, 0.2) is 0 Å². The maximum absolute atomic E-state index is 6.09. The first kappa shape index (κ1) is 15.9. The minimum Gasteiger partial charge on any atom is -0.497 e. The van der Waals surface area contributed by atoms with E-state index in [1.54, 1.807) is 13.3 Å². The Labute approximate surface area is 131 Å². The predicted octanol–water partition coefficient (Wildman–Crippen LogP) is 3.59. The standard InChI is InChI=1S/C16H22ClN3O/c1-4-8-18-16(11-20-12(2)15(17)10-19-20)13-6-5-7-14(9-13)21-3/h5-7,9-10,16,18H,4,8,11H2,1-3H3. The molecule has 1 unspecified atom stereocenters. The monoisotopic (exact) mass is 307 g/mol. The second-order valence-electron chi connectivity index (χ2n) is 5.04. The van der Waals surface area contributed by atoms with Gasteiger partial charge in [0.25, 0.3) is 0 Å². The minimum absolute atomic E-state index is 0.176. The molecule has 0 saturated carbocycles. The normalized spacial score (nSPS) is 12.4. The summed E-state index contributed by atoms with van der Waals surface area (Å²) in [6.07, 6.45) is 2.78. The van der Waals surface area contributed by atoms with E-state index in [0.29, 0.717) is 5.02 Å². The number of nitrogens with zero attached hydrogens (tertiary/aromatic N) is 2. The van der Waals surface area contributed by atoms with E-state index in [2.05, 4.69) is 29.5 Å². The highest BCUT2D eigenvalue weighted by Gasteiger charge is 2.15. The van der Waals surface area contributed by atoms with Crippen molar-refractivity contribution in [3.05, 3.63) is 46.7 Å². The Morgan fingerprint density at radius 2 is 2.24 bits per heavy atom. The Bertz CT molecular complexity index is 583. The van der Waals surface area contributed by atoms with Gasteiger partial charge in [-0.3, -0.25) is 4.68 Å². The number of ether oxygens (including phenoxy) is 1. The number of rotatable bonds is 7. The molecule has 0 amide bonds. The average Bonchev–Trinajstić information content (AvgIpc) is 2.83. The average molecular weight is 308 g/mol. The smallest absolute Gasteiger partial charge is 0.119 e. The number of hydrogen-bond donors (Lipinski definition) is 1. The van der Waals surface area contributed by atoms with E-state index in [0.717, 1.165) is 31.0 Å². The first-order chi connectivity index (χ1) is 10.2. The molecule has 0 spiro atoms. The highest BCUT2D eigenvalue weighted by molar-refractivity contribution is 6.31. The number of benzene rings is 1. The summed E-state index contributed by atoms with van der Waals surface area (Å²) in [6.45, 7) is 5.84. The van der Waals surface area contributed by atoms with Crippen molar-refractivity contribution in [2.45, 2.75) is 32.9 Å². The Hall–Kier alpha value is -1.52. The van der Waals surface area contributed by atoms with Gasteiger partial charge in [-0.25, -0.2) is 0 Å². The van der Waals surface area contributed by atoms with Gasteiger partial charge in [-0.1, -0.05) is 30.7 Å². The summed E-state index contributed by atoms with van der Waals surface area (Å²) in [5, 5.41) is 8.61. The van der Waals surface area contributed by atoms with E-state index in [1.165, 1.54) is 5.56 Å². The summed E-state index contributed by atoms with van der Waals surface area (Å²) in [6, 6.07) is 8.31. The fourth-order valence-corrected chi connectivity index (χ4v) is 2.39. The fourth-order valence-electron chi connectivity index (χ4n) is 2.25. The van der Waals surface area contributed by atoms with Crippen LogP contribution in [0.15, 0.2) is 30.5 Å². The zero-order chi connectivity index (χ0) is 15.2. The second-order valence-corrected chi connectivity index (χ2v) is 5.45. The van der Waals surface area contributed by atoms with Crippen LogP contribution < -0.4 is 10.1 Å². The van der Waals surface area contributed by atoms with E-state index >= 15 is 0 Å². The summed E-state index contributed by atoms with van der Waals surface area (Å²) >= 11 is 6.09. The number of hydrogen-bond acceptors (Lipinski definition) is 3. The van der Waals surface area contributed by atoms with E-state index in [1.807, 2.05) is 23.7 Å². The van der Waals surface area contributed by atoms with Crippen LogP contribution in [0.3, 0.4) is 0 Å². The van der Waals surface area contributed by atoms with Crippen LogP contribution in [0.5, 0.6) is 5.75 Å². The molecule has 0 aliphatic carbocycles. The Kier molecular flexibility index (Phi) is 5.65. The van der Waals surface area contributed by atoms with Crippen LogP contribution in [-0.4, -0.2) is 23.4 Å². The SMILES string of the molecule is CCCNC(Cn1ncc(Cl)c1C)c1cccc(OC)c1. The molecule has 0 fully saturated rings. The lowest BCUT2D eigenvalue weighted by Gasteiger charge is -2.20. The molecule has 1 aromatic heterocycles. The maximum Gasteiger partial charge on any atom is 0.119 e. The molecule has 2 rings (SSSR count). The van der Waals surface area contributed by atoms with Crippen molar-refractivity contribution in [1.29, 1.82) is 0 Å². The van der Waals surface area contributed by atoms with Crippen LogP contribution in [0, 0.1) is 6.92 Å². The largest absolute Gasteiger partial charge is 0.497 e. The molecule has 114 valence electrons. The van der Waals surface area contributed by atoms with Gasteiger partial charge in [0.1, 0.15) is 5.75 Å². The lowest BCUT2D eigenvalue weighted by atomic mass is 10.1. The van der Waals surface area contributed by atoms with Crippen LogP contribution >= 0.6 is 11.6 Å². The van der Waals surface area contributed by atoms with Gasteiger partial charge in [0.2, 0.25) is 0 Å². The van der Waals surface area contributed by atoms with Crippen molar-refractivity contribution < 1.29 is 4.74 Å². The number of methoxy groups -OCH3 is 1. The summed E-state index contributed by atoms with van der Waals surface area (Å²) in [5.74, 6) is 0.867. The molecule has 1 atom stereocenters. The molecular weight excluding hydrogens is 286 g/mol. The van der Waals surface area contributed by atoms with E-state index < -0.39 is 0 Å². The second kappa shape index (κ2) is 7.48. The number of nitrogens with one attached hydrogen (secondary N) is 1. The van der Waals surface area contributed by atoms with Gasteiger partial charge in [-0.15, -0.1) is 0 Å². The lowest BCUT2D eigenvalue weighted by molar-refractivity contribution is 0.407. The molecule has 0 radical (unpaired) electrons. The molecule has 1 aromatic carbocycles. The third-order valence-electron chi connectivity index (χ3n) is 3.54. The van der Waals surface area contributed by atoms with Gasteiger partial charge in [0, 0.05) is 0 Å². The molecule has 21 heavy (non-hydrogen) atoms. The Balaban J connectivity index is 2.22. The van der Waals surface area contributed by atoms with E-state index in [4.69, 9.17) is 16.3 Å². The van der Waals surface area contributed by atoms with Gasteiger partial charge in [-0.05, 0) is 37.6 Å². The molecule has 1 heterocycles. The molecule has 1 N–H and O–H groups in total. The summed E-state index contributed by atoms with van der Waals surface area (Å²) in [7, 11) is 1.69. The maximum atomic E-state index is 6.09.